The van der Waals surface area contributed by atoms with Crippen LogP contribution in [0.25, 0.3) is 0 Å². The van der Waals surface area contributed by atoms with E-state index in [0.717, 1.165) is 32.5 Å². The third-order valence-electron chi connectivity index (χ3n) is 3.14. The number of hydrogen-bond donors (Lipinski definition) is 1. The van der Waals surface area contributed by atoms with Crippen molar-refractivity contribution in [2.45, 2.75) is 25.3 Å². The summed E-state index contributed by atoms with van der Waals surface area (Å²) in [4.78, 5) is 16.0. The molecule has 0 aliphatic carbocycles. The largest absolute Gasteiger partial charge is 0.343 e. The predicted molar refractivity (Wildman–Crippen MR) is 61.8 cm³/mol. The number of hydrogen-bond acceptors (Lipinski definition) is 3. The summed E-state index contributed by atoms with van der Waals surface area (Å²) in [5.41, 5.74) is 0. The molecule has 0 aromatic rings. The summed E-state index contributed by atoms with van der Waals surface area (Å²) in [5, 5.41) is 3.01. The smallest absolute Gasteiger partial charge is 0.223 e. The minimum Gasteiger partial charge on any atom is -0.343 e. The Hall–Kier alpha value is -0.610. The normalized spacial score (nSPS) is 18.5. The van der Waals surface area contributed by atoms with Crippen LogP contribution in [0.3, 0.4) is 0 Å². The maximum absolute atomic E-state index is 11.7. The quantitative estimate of drug-likeness (QED) is 0.722. The third-order valence-corrected chi connectivity index (χ3v) is 3.14. The van der Waals surface area contributed by atoms with E-state index < -0.39 is 0 Å². The first-order valence-electron chi connectivity index (χ1n) is 5.74. The van der Waals surface area contributed by atoms with Gasteiger partial charge in [0.2, 0.25) is 5.91 Å². The molecule has 0 atom stereocenters. The van der Waals surface area contributed by atoms with Crippen LogP contribution in [0.1, 0.15) is 19.3 Å². The lowest BCUT2D eigenvalue weighted by Crippen LogP contribution is -2.44. The van der Waals surface area contributed by atoms with E-state index in [1.54, 1.807) is 0 Å². The number of rotatable bonds is 4. The minimum absolute atomic E-state index is 0.293. The fraction of sp³-hybridized carbons (Fsp3) is 0.909. The van der Waals surface area contributed by atoms with Crippen molar-refractivity contribution in [2.24, 2.45) is 0 Å². The Balaban J connectivity index is 2.27. The van der Waals surface area contributed by atoms with Gasteiger partial charge in [0.25, 0.3) is 0 Å². The van der Waals surface area contributed by atoms with Crippen molar-refractivity contribution >= 4 is 5.91 Å². The summed E-state index contributed by atoms with van der Waals surface area (Å²) in [7, 11) is 6.11. The van der Waals surface area contributed by atoms with Gasteiger partial charge < -0.3 is 15.1 Å². The van der Waals surface area contributed by atoms with Gasteiger partial charge >= 0.3 is 0 Å². The zero-order chi connectivity index (χ0) is 11.3. The zero-order valence-corrected chi connectivity index (χ0v) is 10.1. The van der Waals surface area contributed by atoms with E-state index in [2.05, 4.69) is 24.3 Å². The molecule has 0 spiro atoms. The highest BCUT2D eigenvalue weighted by molar-refractivity contribution is 5.76. The van der Waals surface area contributed by atoms with Crippen molar-refractivity contribution in [1.29, 1.82) is 0 Å². The van der Waals surface area contributed by atoms with Gasteiger partial charge in [0.15, 0.2) is 0 Å². The Morgan fingerprint density at radius 3 is 2.47 bits per heavy atom. The number of carbonyl (C=O) groups is 1. The van der Waals surface area contributed by atoms with Crippen molar-refractivity contribution < 1.29 is 4.79 Å². The maximum atomic E-state index is 11.7. The van der Waals surface area contributed by atoms with E-state index in [1.807, 2.05) is 11.9 Å². The van der Waals surface area contributed by atoms with Crippen LogP contribution in [0.5, 0.6) is 0 Å². The van der Waals surface area contributed by atoms with E-state index in [1.165, 1.54) is 0 Å². The van der Waals surface area contributed by atoms with Gasteiger partial charge in [-0.25, -0.2) is 0 Å². The Kier molecular flexibility index (Phi) is 5.05. The van der Waals surface area contributed by atoms with E-state index in [4.69, 9.17) is 0 Å². The van der Waals surface area contributed by atoms with Crippen molar-refractivity contribution in [3.05, 3.63) is 0 Å². The lowest BCUT2D eigenvalue weighted by molar-refractivity contribution is -0.132. The number of piperidine rings is 1. The summed E-state index contributed by atoms with van der Waals surface area (Å²) < 4.78 is 0. The molecular formula is C11H23N3O. The van der Waals surface area contributed by atoms with Crippen LogP contribution in [0.2, 0.25) is 0 Å². The van der Waals surface area contributed by atoms with Gasteiger partial charge in [-0.3, -0.25) is 4.79 Å². The first-order valence-corrected chi connectivity index (χ1v) is 5.74. The molecule has 1 N–H and O–H groups in total. The topological polar surface area (TPSA) is 35.6 Å². The Labute approximate surface area is 92.6 Å². The third kappa shape index (κ3) is 3.80. The van der Waals surface area contributed by atoms with Crippen LogP contribution < -0.4 is 5.32 Å². The molecule has 0 radical (unpaired) electrons. The van der Waals surface area contributed by atoms with Gasteiger partial charge in [-0.05, 0) is 34.0 Å². The van der Waals surface area contributed by atoms with E-state index >= 15 is 0 Å². The van der Waals surface area contributed by atoms with E-state index in [0.29, 0.717) is 18.4 Å². The van der Waals surface area contributed by atoms with E-state index in [9.17, 15) is 4.79 Å². The summed E-state index contributed by atoms with van der Waals surface area (Å²) in [6.45, 7) is 2.63. The molecule has 1 amide bonds. The molecule has 1 rings (SSSR count). The second-order valence-electron chi connectivity index (χ2n) is 4.43. The SMILES string of the molecule is CNCCC(=O)N1CCC(N(C)C)CC1. The van der Waals surface area contributed by atoms with Gasteiger partial charge in [-0.15, -0.1) is 0 Å². The fourth-order valence-electron chi connectivity index (χ4n) is 2.02. The molecule has 1 heterocycles. The summed E-state index contributed by atoms with van der Waals surface area (Å²) >= 11 is 0. The van der Waals surface area contributed by atoms with Gasteiger partial charge in [-0.1, -0.05) is 0 Å². The predicted octanol–water partition coefficient (Wildman–Crippen LogP) is 0.149. The van der Waals surface area contributed by atoms with Crippen molar-refractivity contribution in [2.75, 3.05) is 40.8 Å². The second kappa shape index (κ2) is 6.08. The number of likely N-dealkylation sites (tertiary alicyclic amines) is 1. The molecule has 15 heavy (non-hydrogen) atoms. The molecule has 0 aromatic carbocycles. The summed E-state index contributed by atoms with van der Waals surface area (Å²) in [6, 6.07) is 0.651. The monoisotopic (exact) mass is 213 g/mol. The Bertz CT molecular complexity index is 198. The van der Waals surface area contributed by atoms with Gasteiger partial charge in [-0.2, -0.15) is 0 Å². The average molecular weight is 213 g/mol. The molecule has 0 unspecified atom stereocenters. The first kappa shape index (κ1) is 12.5. The Morgan fingerprint density at radius 1 is 1.40 bits per heavy atom. The molecule has 88 valence electrons. The summed E-state index contributed by atoms with van der Waals surface area (Å²) in [5.74, 6) is 0.293. The minimum atomic E-state index is 0.293. The van der Waals surface area contributed by atoms with E-state index in [-0.39, 0.29) is 0 Å². The molecule has 4 nitrogen and oxygen atoms in total. The molecule has 1 aliphatic rings. The van der Waals surface area contributed by atoms with Gasteiger partial charge in [0.1, 0.15) is 0 Å². The second-order valence-corrected chi connectivity index (χ2v) is 4.43. The highest BCUT2D eigenvalue weighted by atomic mass is 16.2. The number of nitrogens with zero attached hydrogens (tertiary/aromatic N) is 2. The standard InChI is InChI=1S/C11H23N3O/c1-12-7-4-11(15)14-8-5-10(6-9-14)13(2)3/h10,12H,4-9H2,1-3H3. The Morgan fingerprint density at radius 2 is 2.00 bits per heavy atom. The first-order chi connectivity index (χ1) is 7.15. The average Bonchev–Trinajstić information content (AvgIpc) is 2.26. The molecule has 0 saturated carbocycles. The van der Waals surface area contributed by atoms with Crippen LogP contribution in [0.15, 0.2) is 0 Å². The molecule has 0 aromatic heterocycles. The lowest BCUT2D eigenvalue weighted by Gasteiger charge is -2.35. The molecule has 1 saturated heterocycles. The highest BCUT2D eigenvalue weighted by Gasteiger charge is 2.23. The molecule has 1 fully saturated rings. The number of amides is 1. The highest BCUT2D eigenvalue weighted by Crippen LogP contribution is 2.14. The van der Waals surface area contributed by atoms with Crippen LogP contribution in [-0.4, -0.2) is 62.5 Å². The van der Waals surface area contributed by atoms with Crippen LogP contribution in [-0.2, 0) is 4.79 Å². The fourth-order valence-corrected chi connectivity index (χ4v) is 2.02. The van der Waals surface area contributed by atoms with Gasteiger partial charge in [0.05, 0.1) is 0 Å². The molecular weight excluding hydrogens is 190 g/mol. The molecule has 1 aliphatic heterocycles. The van der Waals surface area contributed by atoms with Crippen molar-refractivity contribution in [1.82, 2.24) is 15.1 Å². The molecule has 0 bridgehead atoms. The molecule has 4 heteroatoms. The van der Waals surface area contributed by atoms with Crippen LogP contribution in [0, 0.1) is 0 Å². The van der Waals surface area contributed by atoms with Crippen LogP contribution in [0.4, 0.5) is 0 Å². The van der Waals surface area contributed by atoms with Crippen LogP contribution >= 0.6 is 0 Å². The maximum Gasteiger partial charge on any atom is 0.223 e. The number of carbonyl (C=O) groups excluding carboxylic acids is 1. The lowest BCUT2D eigenvalue weighted by atomic mass is 10.0. The summed E-state index contributed by atoms with van der Waals surface area (Å²) in [6.07, 6.45) is 2.85. The van der Waals surface area contributed by atoms with Gasteiger partial charge in [0, 0.05) is 32.1 Å². The van der Waals surface area contributed by atoms with Crippen molar-refractivity contribution in [3.63, 3.8) is 0 Å². The number of nitrogens with one attached hydrogen (secondary N) is 1. The van der Waals surface area contributed by atoms with Crippen molar-refractivity contribution in [3.8, 4) is 0 Å². The zero-order valence-electron chi connectivity index (χ0n) is 10.1.